The monoisotopic (exact) mass is 358 g/mol. The second-order valence-electron chi connectivity index (χ2n) is 5.78. The van der Waals surface area contributed by atoms with Gasteiger partial charge in [0.1, 0.15) is 16.9 Å². The van der Waals surface area contributed by atoms with Crippen molar-refractivity contribution in [1.82, 2.24) is 0 Å². The lowest BCUT2D eigenvalue weighted by Gasteiger charge is -2.10. The first-order valence-electron chi connectivity index (χ1n) is 7.53. The Morgan fingerprint density at radius 3 is 2.20 bits per heavy atom. The normalized spacial score (nSPS) is 12.8. The fourth-order valence-electron chi connectivity index (χ4n) is 3.45. The SMILES string of the molecule is FC(F)(F)SOc1cc2oc3cccc4c5ccccc5c(c1)c2c34. The molecule has 0 N–H and O–H groups in total. The van der Waals surface area contributed by atoms with E-state index in [0.29, 0.717) is 11.2 Å². The van der Waals surface area contributed by atoms with Crippen LogP contribution in [0.3, 0.4) is 0 Å². The summed E-state index contributed by atoms with van der Waals surface area (Å²) in [6.45, 7) is 0. The van der Waals surface area contributed by atoms with Gasteiger partial charge in [0, 0.05) is 16.8 Å². The molecule has 0 aliphatic heterocycles. The standard InChI is InChI=1S/C19H9F3O2S/c20-19(21,22)25-24-10-8-14-12-5-2-1-4-11(12)13-6-3-7-15-17(13)18(14)16(9-10)23-15/h1-9H. The van der Waals surface area contributed by atoms with Crippen LogP contribution in [0.4, 0.5) is 13.2 Å². The van der Waals surface area contributed by atoms with E-state index in [2.05, 4.69) is 0 Å². The summed E-state index contributed by atoms with van der Waals surface area (Å²) in [6.07, 6.45) is 0. The lowest BCUT2D eigenvalue weighted by molar-refractivity contribution is -0.0369. The third kappa shape index (κ3) is 2.21. The first-order valence-corrected chi connectivity index (χ1v) is 8.27. The highest BCUT2D eigenvalue weighted by atomic mass is 32.2. The van der Waals surface area contributed by atoms with Crippen LogP contribution in [-0.4, -0.2) is 5.51 Å². The minimum atomic E-state index is -4.47. The van der Waals surface area contributed by atoms with E-state index in [1.165, 1.54) is 6.07 Å². The van der Waals surface area contributed by atoms with Crippen LogP contribution in [0.15, 0.2) is 59.0 Å². The molecule has 0 bridgehead atoms. The summed E-state index contributed by atoms with van der Waals surface area (Å²) in [5, 5.41) is 5.77. The van der Waals surface area contributed by atoms with Gasteiger partial charge in [-0.1, -0.05) is 36.4 Å². The van der Waals surface area contributed by atoms with Crippen LogP contribution in [0.2, 0.25) is 0 Å². The van der Waals surface area contributed by atoms with Gasteiger partial charge in [-0.2, -0.15) is 13.2 Å². The summed E-state index contributed by atoms with van der Waals surface area (Å²) in [5.74, 6) is 0.113. The van der Waals surface area contributed by atoms with Crippen LogP contribution >= 0.6 is 12.0 Å². The second kappa shape index (κ2) is 4.95. The Labute approximate surface area is 143 Å². The van der Waals surface area contributed by atoms with Crippen molar-refractivity contribution in [3.05, 3.63) is 54.6 Å². The van der Waals surface area contributed by atoms with Gasteiger partial charge in [0.2, 0.25) is 0 Å². The molecule has 6 heteroatoms. The summed E-state index contributed by atoms with van der Waals surface area (Å²) < 4.78 is 48.2. The zero-order valence-electron chi connectivity index (χ0n) is 12.6. The van der Waals surface area contributed by atoms with E-state index < -0.39 is 17.6 Å². The first kappa shape index (κ1) is 14.7. The van der Waals surface area contributed by atoms with Crippen molar-refractivity contribution in [2.24, 2.45) is 0 Å². The van der Waals surface area contributed by atoms with Gasteiger partial charge in [0.25, 0.3) is 0 Å². The molecule has 2 nitrogen and oxygen atoms in total. The molecule has 4 aromatic carbocycles. The molecule has 0 atom stereocenters. The Kier molecular flexibility index (Phi) is 2.92. The molecule has 1 heterocycles. The Morgan fingerprint density at radius 1 is 0.760 bits per heavy atom. The summed E-state index contributed by atoms with van der Waals surface area (Å²) >= 11 is -0.524. The van der Waals surface area contributed by atoms with E-state index in [-0.39, 0.29) is 5.75 Å². The topological polar surface area (TPSA) is 22.4 Å². The summed E-state index contributed by atoms with van der Waals surface area (Å²) in [4.78, 5) is 0. The van der Waals surface area contributed by atoms with Crippen LogP contribution in [0.1, 0.15) is 0 Å². The molecule has 0 aliphatic carbocycles. The molecule has 124 valence electrons. The predicted octanol–water partition coefficient (Wildman–Crippen LogP) is 6.88. The number of fused-ring (bicyclic) bond motifs is 3. The van der Waals surface area contributed by atoms with E-state index in [1.54, 1.807) is 6.07 Å². The van der Waals surface area contributed by atoms with Crippen molar-refractivity contribution in [1.29, 1.82) is 0 Å². The molecular formula is C19H9F3O2S. The lowest BCUT2D eigenvalue weighted by Crippen LogP contribution is -2.02. The maximum Gasteiger partial charge on any atom is 0.479 e. The van der Waals surface area contributed by atoms with Crippen molar-refractivity contribution in [2.75, 3.05) is 0 Å². The summed E-state index contributed by atoms with van der Waals surface area (Å²) in [7, 11) is 0. The molecule has 0 aliphatic rings. The maximum atomic E-state index is 12.5. The fourth-order valence-corrected chi connectivity index (χ4v) is 3.74. The Bertz CT molecular complexity index is 1240. The van der Waals surface area contributed by atoms with Crippen molar-refractivity contribution < 1.29 is 21.8 Å². The van der Waals surface area contributed by atoms with Crippen molar-refractivity contribution >= 4 is 55.5 Å². The quantitative estimate of drug-likeness (QED) is 0.254. The number of alkyl halides is 3. The van der Waals surface area contributed by atoms with Gasteiger partial charge < -0.3 is 8.60 Å². The van der Waals surface area contributed by atoms with Crippen LogP contribution < -0.4 is 4.18 Å². The van der Waals surface area contributed by atoms with Gasteiger partial charge in [-0.05, 0) is 33.7 Å². The molecule has 0 spiro atoms. The van der Waals surface area contributed by atoms with Gasteiger partial charge in [0.05, 0.1) is 0 Å². The van der Waals surface area contributed by atoms with E-state index in [9.17, 15) is 13.2 Å². The van der Waals surface area contributed by atoms with E-state index in [1.807, 2.05) is 42.5 Å². The zero-order valence-corrected chi connectivity index (χ0v) is 13.4. The van der Waals surface area contributed by atoms with Crippen LogP contribution in [-0.2, 0) is 0 Å². The molecule has 25 heavy (non-hydrogen) atoms. The molecule has 0 saturated carbocycles. The number of hydrogen-bond donors (Lipinski definition) is 0. The van der Waals surface area contributed by atoms with E-state index in [0.717, 1.165) is 32.3 Å². The molecule has 0 unspecified atom stereocenters. The Morgan fingerprint density at radius 2 is 1.44 bits per heavy atom. The molecule has 5 rings (SSSR count). The zero-order chi connectivity index (χ0) is 17.2. The van der Waals surface area contributed by atoms with Crippen LogP contribution in [0.5, 0.6) is 5.75 Å². The third-order valence-corrected chi connectivity index (χ3v) is 4.78. The number of rotatable bonds is 2. The second-order valence-corrected chi connectivity index (χ2v) is 6.58. The van der Waals surface area contributed by atoms with Gasteiger partial charge >= 0.3 is 5.51 Å². The van der Waals surface area contributed by atoms with Gasteiger partial charge in [0.15, 0.2) is 12.0 Å². The molecule has 0 amide bonds. The summed E-state index contributed by atoms with van der Waals surface area (Å²) in [5.41, 5.74) is -3.23. The molecule has 0 saturated heterocycles. The summed E-state index contributed by atoms with van der Waals surface area (Å²) in [6, 6.07) is 16.8. The smallest absolute Gasteiger partial charge is 0.456 e. The maximum absolute atomic E-state index is 12.5. The fraction of sp³-hybridized carbons (Fsp3) is 0.0526. The number of furan rings is 1. The van der Waals surface area contributed by atoms with Crippen LogP contribution in [0, 0.1) is 0 Å². The highest BCUT2D eigenvalue weighted by Gasteiger charge is 2.31. The van der Waals surface area contributed by atoms with Gasteiger partial charge in [-0.15, -0.1) is 0 Å². The van der Waals surface area contributed by atoms with E-state index in [4.69, 9.17) is 8.60 Å². The van der Waals surface area contributed by atoms with Crippen LogP contribution in [0.25, 0.3) is 43.5 Å². The minimum absolute atomic E-state index is 0.113. The lowest BCUT2D eigenvalue weighted by atomic mass is 9.94. The average molecular weight is 358 g/mol. The van der Waals surface area contributed by atoms with Crippen molar-refractivity contribution in [3.63, 3.8) is 0 Å². The number of halogens is 3. The minimum Gasteiger partial charge on any atom is -0.456 e. The first-order chi connectivity index (χ1) is 12.0. The average Bonchev–Trinajstić information content (AvgIpc) is 2.97. The Balaban J connectivity index is 1.89. The van der Waals surface area contributed by atoms with Crippen molar-refractivity contribution in [3.8, 4) is 5.75 Å². The number of benzene rings is 4. The van der Waals surface area contributed by atoms with Crippen molar-refractivity contribution in [2.45, 2.75) is 5.51 Å². The molecule has 0 fully saturated rings. The molecular weight excluding hydrogens is 349 g/mol. The van der Waals surface area contributed by atoms with Gasteiger partial charge in [-0.25, -0.2) is 0 Å². The predicted molar refractivity (Wildman–Crippen MR) is 94.2 cm³/mol. The highest BCUT2D eigenvalue weighted by Crippen LogP contribution is 2.44. The third-order valence-electron chi connectivity index (χ3n) is 4.31. The highest BCUT2D eigenvalue weighted by molar-refractivity contribution is 7.95. The number of hydrogen-bond acceptors (Lipinski definition) is 3. The largest absolute Gasteiger partial charge is 0.479 e. The molecule has 5 aromatic rings. The molecule has 0 radical (unpaired) electrons. The van der Waals surface area contributed by atoms with E-state index >= 15 is 0 Å². The van der Waals surface area contributed by atoms with Gasteiger partial charge in [-0.3, -0.25) is 0 Å². The molecule has 1 aromatic heterocycles. The Hall–Kier alpha value is -2.60.